The molecule has 0 fully saturated rings. The van der Waals surface area contributed by atoms with Crippen LogP contribution >= 0.6 is 0 Å². The molecule has 30 heavy (non-hydrogen) atoms. The predicted octanol–water partition coefficient (Wildman–Crippen LogP) is 2.35. The van der Waals surface area contributed by atoms with E-state index in [0.717, 1.165) is 17.5 Å². The van der Waals surface area contributed by atoms with Crippen molar-refractivity contribution >= 4 is 21.6 Å². The summed E-state index contributed by atoms with van der Waals surface area (Å²) in [6.45, 7) is 2.04. The summed E-state index contributed by atoms with van der Waals surface area (Å²) in [6.07, 6.45) is 5.74. The Morgan fingerprint density at radius 3 is 2.40 bits per heavy atom. The van der Waals surface area contributed by atoms with Crippen LogP contribution < -0.4 is 14.4 Å². The Labute approximate surface area is 176 Å². The maximum absolute atomic E-state index is 12.3. The first kappa shape index (κ1) is 21.4. The van der Waals surface area contributed by atoms with Crippen molar-refractivity contribution in [2.45, 2.75) is 19.6 Å². The van der Waals surface area contributed by atoms with Crippen molar-refractivity contribution in [3.05, 3.63) is 72.8 Å². The predicted molar refractivity (Wildman–Crippen MR) is 115 cm³/mol. The van der Waals surface area contributed by atoms with E-state index in [1.807, 2.05) is 35.0 Å². The van der Waals surface area contributed by atoms with Gasteiger partial charge in [0.05, 0.1) is 18.3 Å². The number of sulfonamides is 1. The van der Waals surface area contributed by atoms with E-state index in [1.54, 1.807) is 43.7 Å². The van der Waals surface area contributed by atoms with Crippen molar-refractivity contribution in [3.63, 3.8) is 0 Å². The Morgan fingerprint density at radius 2 is 1.83 bits per heavy atom. The normalized spacial score (nSPS) is 12.2. The molecule has 0 aliphatic heterocycles. The first-order valence-corrected chi connectivity index (χ1v) is 11.1. The van der Waals surface area contributed by atoms with Crippen LogP contribution in [0.5, 0.6) is 5.75 Å². The number of benzene rings is 2. The van der Waals surface area contributed by atoms with Crippen molar-refractivity contribution in [2.75, 3.05) is 17.6 Å². The summed E-state index contributed by atoms with van der Waals surface area (Å²) in [5.74, 6) is 0.235. The van der Waals surface area contributed by atoms with Crippen molar-refractivity contribution in [2.24, 2.45) is 0 Å². The second-order valence-corrected chi connectivity index (χ2v) is 8.85. The number of rotatable bonds is 8. The number of nitrogens with zero attached hydrogens (tertiary/aromatic N) is 3. The summed E-state index contributed by atoms with van der Waals surface area (Å²) >= 11 is 0. The molecule has 0 spiro atoms. The van der Waals surface area contributed by atoms with E-state index in [0.29, 0.717) is 18.0 Å². The summed E-state index contributed by atoms with van der Waals surface area (Å²) in [7, 11) is -1.86. The maximum Gasteiger partial charge on any atom is 0.261 e. The van der Waals surface area contributed by atoms with E-state index < -0.39 is 16.1 Å². The number of hydrogen-bond acceptors (Lipinski definition) is 5. The molecule has 2 aromatic carbocycles. The lowest BCUT2D eigenvalue weighted by molar-refractivity contribution is -0.127. The average Bonchev–Trinajstić information content (AvgIpc) is 3.26. The fraction of sp³-hybridized carbons (Fsp3) is 0.238. The number of amides is 1. The average molecular weight is 429 g/mol. The highest BCUT2D eigenvalue weighted by molar-refractivity contribution is 7.92. The maximum atomic E-state index is 12.3. The number of carbonyl (C=O) groups excluding carboxylic acids is 1. The molecule has 158 valence electrons. The molecule has 8 nitrogen and oxygen atoms in total. The van der Waals surface area contributed by atoms with Gasteiger partial charge in [-0.05, 0) is 48.9 Å². The monoisotopic (exact) mass is 428 g/mol. The summed E-state index contributed by atoms with van der Waals surface area (Å²) < 4.78 is 31.9. The lowest BCUT2D eigenvalue weighted by atomic mass is 10.2. The number of imidazole rings is 1. The Morgan fingerprint density at radius 1 is 1.17 bits per heavy atom. The fourth-order valence-electron chi connectivity index (χ4n) is 2.71. The molecule has 1 atom stereocenters. The number of nitrogens with one attached hydrogen (secondary N) is 1. The second kappa shape index (κ2) is 9.00. The van der Waals surface area contributed by atoms with Crippen LogP contribution in [-0.2, 0) is 21.4 Å². The Hall–Kier alpha value is -3.33. The van der Waals surface area contributed by atoms with Crippen LogP contribution in [-0.4, -0.2) is 43.3 Å². The Balaban J connectivity index is 1.52. The van der Waals surface area contributed by atoms with Gasteiger partial charge < -0.3 is 14.6 Å². The van der Waals surface area contributed by atoms with Crippen LogP contribution in [0.4, 0.5) is 5.69 Å². The molecule has 3 rings (SSSR count). The Kier molecular flexibility index (Phi) is 6.41. The molecule has 1 N–H and O–H groups in total. The van der Waals surface area contributed by atoms with Gasteiger partial charge in [-0.25, -0.2) is 13.4 Å². The first-order valence-electron chi connectivity index (χ1n) is 9.29. The number of aromatic nitrogens is 2. The SMILES string of the molecule is C[C@H](Oc1ccc(N(C)S(C)(=O)=O)cc1)C(=O)NCc1ccc(-n2ccnc2)cc1. The van der Waals surface area contributed by atoms with Crippen molar-refractivity contribution in [1.82, 2.24) is 14.9 Å². The third-order valence-electron chi connectivity index (χ3n) is 4.59. The minimum atomic E-state index is -3.33. The molecule has 0 saturated heterocycles. The number of carbonyl (C=O) groups is 1. The lowest BCUT2D eigenvalue weighted by Crippen LogP contribution is -2.35. The summed E-state index contributed by atoms with van der Waals surface area (Å²) in [5, 5.41) is 2.85. The topological polar surface area (TPSA) is 93.5 Å². The van der Waals surface area contributed by atoms with E-state index in [1.165, 1.54) is 11.4 Å². The number of anilines is 1. The van der Waals surface area contributed by atoms with Crippen molar-refractivity contribution < 1.29 is 17.9 Å². The van der Waals surface area contributed by atoms with Crippen LogP contribution in [0, 0.1) is 0 Å². The lowest BCUT2D eigenvalue weighted by Gasteiger charge is -2.18. The highest BCUT2D eigenvalue weighted by atomic mass is 32.2. The van der Waals surface area contributed by atoms with Gasteiger partial charge in [-0.3, -0.25) is 9.10 Å². The van der Waals surface area contributed by atoms with Gasteiger partial charge in [0.1, 0.15) is 5.75 Å². The minimum absolute atomic E-state index is 0.244. The highest BCUT2D eigenvalue weighted by Crippen LogP contribution is 2.21. The van der Waals surface area contributed by atoms with Gasteiger partial charge in [0, 0.05) is 31.7 Å². The molecule has 1 aromatic heterocycles. The molecule has 0 unspecified atom stereocenters. The van der Waals surface area contributed by atoms with E-state index >= 15 is 0 Å². The van der Waals surface area contributed by atoms with Gasteiger partial charge in [-0.1, -0.05) is 12.1 Å². The molecule has 0 saturated carbocycles. The fourth-order valence-corrected chi connectivity index (χ4v) is 3.22. The second-order valence-electron chi connectivity index (χ2n) is 6.84. The molecular weight excluding hydrogens is 404 g/mol. The van der Waals surface area contributed by atoms with Gasteiger partial charge in [0.2, 0.25) is 10.0 Å². The zero-order valence-electron chi connectivity index (χ0n) is 17.0. The van der Waals surface area contributed by atoms with Gasteiger partial charge in [0.25, 0.3) is 5.91 Å². The van der Waals surface area contributed by atoms with E-state index in [2.05, 4.69) is 10.3 Å². The molecule has 0 aliphatic carbocycles. The van der Waals surface area contributed by atoms with E-state index in [-0.39, 0.29) is 5.91 Å². The smallest absolute Gasteiger partial charge is 0.261 e. The molecule has 1 amide bonds. The number of hydrogen-bond donors (Lipinski definition) is 1. The molecule has 9 heteroatoms. The molecule has 0 aliphatic rings. The summed E-state index contributed by atoms with van der Waals surface area (Å²) in [4.78, 5) is 16.4. The van der Waals surface area contributed by atoms with Gasteiger partial charge in [0.15, 0.2) is 6.10 Å². The summed E-state index contributed by atoms with van der Waals surface area (Å²) in [5.41, 5.74) is 2.47. The first-order chi connectivity index (χ1) is 14.2. The van der Waals surface area contributed by atoms with Crippen LogP contribution in [0.1, 0.15) is 12.5 Å². The standard InChI is InChI=1S/C21H24N4O4S/c1-16(29-20-10-8-18(9-11-20)24(2)30(3,27)28)21(26)23-14-17-4-6-19(7-5-17)25-13-12-22-15-25/h4-13,15-16H,14H2,1-3H3,(H,23,26)/t16-/m0/s1. The molecule has 0 radical (unpaired) electrons. The highest BCUT2D eigenvalue weighted by Gasteiger charge is 2.16. The third-order valence-corrected chi connectivity index (χ3v) is 5.79. The zero-order valence-corrected chi connectivity index (χ0v) is 17.8. The Bertz CT molecular complexity index is 1080. The van der Waals surface area contributed by atoms with Crippen LogP contribution in [0.2, 0.25) is 0 Å². The molecule has 0 bridgehead atoms. The van der Waals surface area contributed by atoms with Gasteiger partial charge in [-0.15, -0.1) is 0 Å². The van der Waals surface area contributed by atoms with E-state index in [9.17, 15) is 13.2 Å². The zero-order chi connectivity index (χ0) is 21.7. The molecule has 3 aromatic rings. The largest absolute Gasteiger partial charge is 0.481 e. The number of ether oxygens (including phenoxy) is 1. The van der Waals surface area contributed by atoms with Crippen LogP contribution in [0.25, 0.3) is 5.69 Å². The van der Waals surface area contributed by atoms with E-state index in [4.69, 9.17) is 4.74 Å². The third kappa shape index (κ3) is 5.38. The molecular formula is C21H24N4O4S. The van der Waals surface area contributed by atoms with Gasteiger partial charge in [-0.2, -0.15) is 0 Å². The van der Waals surface area contributed by atoms with Crippen molar-refractivity contribution in [1.29, 1.82) is 0 Å². The van der Waals surface area contributed by atoms with Gasteiger partial charge >= 0.3 is 0 Å². The van der Waals surface area contributed by atoms with Crippen LogP contribution in [0.15, 0.2) is 67.3 Å². The van der Waals surface area contributed by atoms with Crippen molar-refractivity contribution in [3.8, 4) is 11.4 Å². The van der Waals surface area contributed by atoms with Crippen LogP contribution in [0.3, 0.4) is 0 Å². The minimum Gasteiger partial charge on any atom is -0.481 e. The molecule has 1 heterocycles. The quantitative estimate of drug-likeness (QED) is 0.594. The summed E-state index contributed by atoms with van der Waals surface area (Å²) in [6, 6.07) is 14.3.